The van der Waals surface area contributed by atoms with Gasteiger partial charge in [-0.15, -0.1) is 0 Å². The maximum absolute atomic E-state index is 14.0. The first-order valence-corrected chi connectivity index (χ1v) is 12.3. The highest BCUT2D eigenvalue weighted by Gasteiger charge is 2.31. The molecule has 0 bridgehead atoms. The van der Waals surface area contributed by atoms with E-state index in [4.69, 9.17) is 4.74 Å². The van der Waals surface area contributed by atoms with Gasteiger partial charge in [-0.05, 0) is 69.5 Å². The molecular formula is C28H28N6O3. The first kappa shape index (κ1) is 24.1. The number of anilines is 1. The topological polar surface area (TPSA) is 94.3 Å². The number of carbonyl (C=O) groups excluding carboxylic acids is 1. The standard InChI is InChI=1S/C28H28N6O3/c1-4-8-24(35)32-16-15-21(17-32)34-27-25(26(29-18-30-27)31-19(2)3)33(28(34)36)20-11-13-23(14-12-20)37-22-9-6-5-7-10-22/h5-7,9-14,18-19,21H,15-17H2,1-3H3,(H,29,30,31)/t21-/m1/s1. The molecule has 0 radical (unpaired) electrons. The highest BCUT2D eigenvalue weighted by molar-refractivity contribution is 5.93. The zero-order valence-corrected chi connectivity index (χ0v) is 21.0. The molecule has 1 saturated heterocycles. The van der Waals surface area contributed by atoms with Gasteiger partial charge in [0, 0.05) is 19.1 Å². The highest BCUT2D eigenvalue weighted by atomic mass is 16.5. The van der Waals surface area contributed by atoms with Crippen LogP contribution >= 0.6 is 0 Å². The van der Waals surface area contributed by atoms with E-state index >= 15 is 0 Å². The summed E-state index contributed by atoms with van der Waals surface area (Å²) in [6, 6.07) is 16.7. The first-order chi connectivity index (χ1) is 18.0. The van der Waals surface area contributed by atoms with E-state index in [9.17, 15) is 9.59 Å². The van der Waals surface area contributed by atoms with E-state index < -0.39 is 0 Å². The normalized spacial score (nSPS) is 15.0. The molecule has 0 unspecified atom stereocenters. The Balaban J connectivity index is 1.58. The van der Waals surface area contributed by atoms with Gasteiger partial charge in [0.1, 0.15) is 23.3 Å². The van der Waals surface area contributed by atoms with Gasteiger partial charge in [0.15, 0.2) is 11.5 Å². The molecule has 0 saturated carbocycles. The minimum atomic E-state index is -0.236. The quantitative estimate of drug-likeness (QED) is 0.406. The third kappa shape index (κ3) is 4.78. The van der Waals surface area contributed by atoms with Crippen LogP contribution in [0.3, 0.4) is 0 Å². The molecule has 1 aliphatic heterocycles. The molecule has 1 amide bonds. The molecule has 5 rings (SSSR count). The molecule has 1 N–H and O–H groups in total. The van der Waals surface area contributed by atoms with Gasteiger partial charge in [-0.1, -0.05) is 24.1 Å². The van der Waals surface area contributed by atoms with Gasteiger partial charge in [-0.25, -0.2) is 14.8 Å². The maximum atomic E-state index is 14.0. The average molecular weight is 497 g/mol. The molecule has 1 fully saturated rings. The van der Waals surface area contributed by atoms with E-state index in [2.05, 4.69) is 27.1 Å². The fourth-order valence-electron chi connectivity index (χ4n) is 4.60. The average Bonchev–Trinajstić information content (AvgIpc) is 3.48. The van der Waals surface area contributed by atoms with E-state index in [1.165, 1.54) is 6.33 Å². The number of likely N-dealkylation sites (tertiary alicyclic amines) is 1. The Morgan fingerprint density at radius 2 is 1.81 bits per heavy atom. The molecule has 3 heterocycles. The minimum absolute atomic E-state index is 0.0962. The fourth-order valence-corrected chi connectivity index (χ4v) is 4.60. The van der Waals surface area contributed by atoms with Crippen molar-refractivity contribution >= 4 is 22.9 Å². The van der Waals surface area contributed by atoms with E-state index in [1.54, 1.807) is 21.0 Å². The summed E-state index contributed by atoms with van der Waals surface area (Å²) in [5.41, 5.74) is 1.54. The van der Waals surface area contributed by atoms with Crippen molar-refractivity contribution in [2.75, 3.05) is 18.4 Å². The number of aromatic nitrogens is 4. The number of carbonyl (C=O) groups is 1. The Kier molecular flexibility index (Phi) is 6.64. The monoisotopic (exact) mass is 496 g/mol. The number of nitrogens with zero attached hydrogens (tertiary/aromatic N) is 5. The van der Waals surface area contributed by atoms with Crippen LogP contribution in [-0.4, -0.2) is 49.0 Å². The number of nitrogens with one attached hydrogen (secondary N) is 1. The van der Waals surface area contributed by atoms with Gasteiger partial charge in [0.2, 0.25) is 0 Å². The van der Waals surface area contributed by atoms with Crippen molar-refractivity contribution in [3.8, 4) is 29.0 Å². The van der Waals surface area contributed by atoms with Gasteiger partial charge in [-0.3, -0.25) is 13.9 Å². The summed E-state index contributed by atoms with van der Waals surface area (Å²) in [6.45, 7) is 6.59. The third-order valence-electron chi connectivity index (χ3n) is 6.20. The number of para-hydroxylation sites is 1. The van der Waals surface area contributed by atoms with Crippen LogP contribution in [0, 0.1) is 11.8 Å². The maximum Gasteiger partial charge on any atom is 0.335 e. The zero-order valence-electron chi connectivity index (χ0n) is 21.0. The lowest BCUT2D eigenvalue weighted by atomic mass is 10.2. The van der Waals surface area contributed by atoms with Crippen LogP contribution in [0.2, 0.25) is 0 Å². The molecule has 2 aromatic heterocycles. The van der Waals surface area contributed by atoms with Crippen molar-refractivity contribution in [1.29, 1.82) is 0 Å². The van der Waals surface area contributed by atoms with Gasteiger partial charge >= 0.3 is 5.69 Å². The largest absolute Gasteiger partial charge is 0.457 e. The van der Waals surface area contributed by atoms with Crippen LogP contribution in [0.1, 0.15) is 33.2 Å². The van der Waals surface area contributed by atoms with Crippen LogP contribution in [-0.2, 0) is 4.79 Å². The molecule has 0 aliphatic carbocycles. The summed E-state index contributed by atoms with van der Waals surface area (Å²) in [5, 5.41) is 3.35. The first-order valence-electron chi connectivity index (χ1n) is 12.3. The van der Waals surface area contributed by atoms with Crippen LogP contribution in [0.4, 0.5) is 5.82 Å². The predicted molar refractivity (Wildman–Crippen MR) is 142 cm³/mol. The molecule has 1 aliphatic rings. The molecule has 9 nitrogen and oxygen atoms in total. The summed E-state index contributed by atoms with van der Waals surface area (Å²) >= 11 is 0. The van der Waals surface area contributed by atoms with Crippen molar-refractivity contribution in [3.63, 3.8) is 0 Å². The number of benzene rings is 2. The number of imidazole rings is 1. The second-order valence-electron chi connectivity index (χ2n) is 9.16. The smallest absolute Gasteiger partial charge is 0.335 e. The van der Waals surface area contributed by atoms with Gasteiger partial charge in [-0.2, -0.15) is 0 Å². The number of ether oxygens (including phenoxy) is 1. The van der Waals surface area contributed by atoms with Gasteiger partial charge in [0.25, 0.3) is 5.91 Å². The van der Waals surface area contributed by atoms with Crippen molar-refractivity contribution in [1.82, 2.24) is 24.0 Å². The summed E-state index contributed by atoms with van der Waals surface area (Å²) in [6.07, 6.45) is 2.10. The lowest BCUT2D eigenvalue weighted by Crippen LogP contribution is -2.31. The van der Waals surface area contributed by atoms with Crippen molar-refractivity contribution in [2.45, 2.75) is 39.3 Å². The zero-order chi connectivity index (χ0) is 25.9. The molecule has 188 valence electrons. The Morgan fingerprint density at radius 3 is 2.51 bits per heavy atom. The van der Waals surface area contributed by atoms with Crippen LogP contribution < -0.4 is 15.7 Å². The van der Waals surface area contributed by atoms with Crippen molar-refractivity contribution < 1.29 is 9.53 Å². The summed E-state index contributed by atoms with van der Waals surface area (Å²) in [5.74, 6) is 6.98. The SMILES string of the molecule is CC#CC(=O)N1CC[C@@H](n2c(=O)n(-c3ccc(Oc4ccccc4)cc3)c3c(NC(C)C)ncnc32)C1. The molecule has 0 spiro atoms. The number of fused-ring (bicyclic) bond motifs is 1. The van der Waals surface area contributed by atoms with E-state index in [0.29, 0.717) is 47.9 Å². The van der Waals surface area contributed by atoms with Gasteiger partial charge in [0.05, 0.1) is 11.7 Å². The number of hydrogen-bond acceptors (Lipinski definition) is 6. The molecule has 4 aromatic rings. The molecule has 37 heavy (non-hydrogen) atoms. The number of amides is 1. The second-order valence-corrected chi connectivity index (χ2v) is 9.16. The Labute approximate surface area is 214 Å². The summed E-state index contributed by atoms with van der Waals surface area (Å²) in [4.78, 5) is 37.0. The van der Waals surface area contributed by atoms with Gasteiger partial charge < -0.3 is 15.0 Å². The van der Waals surface area contributed by atoms with Crippen molar-refractivity contribution in [2.24, 2.45) is 0 Å². The van der Waals surface area contributed by atoms with Crippen LogP contribution in [0.15, 0.2) is 65.7 Å². The predicted octanol–water partition coefficient (Wildman–Crippen LogP) is 3.99. The molecule has 9 heteroatoms. The Bertz CT molecular complexity index is 1540. The van der Waals surface area contributed by atoms with E-state index in [0.717, 1.165) is 5.75 Å². The number of hydrogen-bond donors (Lipinski definition) is 1. The molecule has 2 aromatic carbocycles. The lowest BCUT2D eigenvalue weighted by molar-refractivity contribution is -0.124. The molecular weight excluding hydrogens is 468 g/mol. The summed E-state index contributed by atoms with van der Waals surface area (Å²) in [7, 11) is 0. The van der Waals surface area contributed by atoms with Crippen LogP contribution in [0.25, 0.3) is 16.9 Å². The summed E-state index contributed by atoms with van der Waals surface area (Å²) < 4.78 is 9.24. The Morgan fingerprint density at radius 1 is 1.08 bits per heavy atom. The number of rotatable bonds is 6. The highest BCUT2D eigenvalue weighted by Crippen LogP contribution is 2.29. The lowest BCUT2D eigenvalue weighted by Gasteiger charge is -2.14. The Hall–Kier alpha value is -4.58. The fraction of sp³-hybridized carbons (Fsp3) is 0.286. The van der Waals surface area contributed by atoms with Crippen molar-refractivity contribution in [3.05, 3.63) is 71.4 Å². The minimum Gasteiger partial charge on any atom is -0.457 e. The third-order valence-corrected chi connectivity index (χ3v) is 6.20. The van der Waals surface area contributed by atoms with Crippen LogP contribution in [0.5, 0.6) is 11.5 Å². The second kappa shape index (κ2) is 10.2. The van der Waals surface area contributed by atoms with E-state index in [1.807, 2.05) is 68.4 Å². The van der Waals surface area contributed by atoms with E-state index in [-0.39, 0.29) is 23.7 Å². The molecule has 1 atom stereocenters.